The van der Waals surface area contributed by atoms with E-state index in [0.29, 0.717) is 0 Å². The van der Waals surface area contributed by atoms with E-state index in [-0.39, 0.29) is 6.61 Å². The standard InChI is InChI=1S/C8H16NO/c10-8-4-3-7-9-5-1-2-6-9/h1-8H2. The van der Waals surface area contributed by atoms with Gasteiger partial charge in [-0.25, -0.2) is 5.11 Å². The molecule has 0 unspecified atom stereocenters. The third kappa shape index (κ3) is 2.67. The first-order chi connectivity index (χ1) is 4.93. The summed E-state index contributed by atoms with van der Waals surface area (Å²) in [6, 6.07) is 0. The summed E-state index contributed by atoms with van der Waals surface area (Å²) in [5.41, 5.74) is 0. The van der Waals surface area contributed by atoms with Crippen molar-refractivity contribution < 1.29 is 5.11 Å². The number of likely N-dealkylation sites (tertiary alicyclic amines) is 1. The Balaban J connectivity index is 1.91. The molecule has 0 saturated carbocycles. The molecule has 2 heteroatoms. The SMILES string of the molecule is [O]CCCCN1CCCC1. The lowest BCUT2D eigenvalue weighted by Gasteiger charge is -2.12. The molecular formula is C8H16NO. The summed E-state index contributed by atoms with van der Waals surface area (Å²) in [5, 5.41) is 10.1. The van der Waals surface area contributed by atoms with Crippen LogP contribution in [0, 0.1) is 0 Å². The minimum absolute atomic E-state index is 0.105. The normalized spacial score (nSPS) is 20.1. The van der Waals surface area contributed by atoms with Gasteiger partial charge in [-0.15, -0.1) is 0 Å². The number of hydrogen-bond acceptors (Lipinski definition) is 1. The molecule has 2 nitrogen and oxygen atoms in total. The van der Waals surface area contributed by atoms with Gasteiger partial charge in [0.1, 0.15) is 0 Å². The summed E-state index contributed by atoms with van der Waals surface area (Å²) in [7, 11) is 0. The number of nitrogens with zero attached hydrogens (tertiary/aromatic N) is 1. The maximum atomic E-state index is 10.1. The van der Waals surface area contributed by atoms with Gasteiger partial charge >= 0.3 is 0 Å². The highest BCUT2D eigenvalue weighted by Crippen LogP contribution is 2.07. The van der Waals surface area contributed by atoms with Crippen LogP contribution in [0.2, 0.25) is 0 Å². The van der Waals surface area contributed by atoms with Gasteiger partial charge in [0.2, 0.25) is 0 Å². The van der Waals surface area contributed by atoms with E-state index in [0.717, 1.165) is 19.4 Å². The molecule has 10 heavy (non-hydrogen) atoms. The summed E-state index contributed by atoms with van der Waals surface area (Å²) >= 11 is 0. The topological polar surface area (TPSA) is 23.1 Å². The van der Waals surface area contributed by atoms with Crippen LogP contribution in [-0.2, 0) is 5.11 Å². The van der Waals surface area contributed by atoms with Gasteiger partial charge in [0, 0.05) is 0 Å². The van der Waals surface area contributed by atoms with Crippen molar-refractivity contribution >= 4 is 0 Å². The quantitative estimate of drug-likeness (QED) is 0.542. The van der Waals surface area contributed by atoms with Crippen molar-refractivity contribution in [2.75, 3.05) is 26.2 Å². The van der Waals surface area contributed by atoms with E-state index < -0.39 is 0 Å². The zero-order chi connectivity index (χ0) is 7.23. The van der Waals surface area contributed by atoms with E-state index >= 15 is 0 Å². The predicted molar refractivity (Wildman–Crippen MR) is 40.5 cm³/mol. The van der Waals surface area contributed by atoms with Crippen molar-refractivity contribution in [2.24, 2.45) is 0 Å². The molecule has 0 aromatic rings. The van der Waals surface area contributed by atoms with Crippen LogP contribution in [0.1, 0.15) is 25.7 Å². The Kier molecular flexibility index (Phi) is 3.76. The van der Waals surface area contributed by atoms with E-state index in [1.807, 2.05) is 0 Å². The molecule has 0 atom stereocenters. The Morgan fingerprint density at radius 1 is 1.10 bits per heavy atom. The van der Waals surface area contributed by atoms with Crippen molar-refractivity contribution in [1.29, 1.82) is 0 Å². The molecule has 0 aromatic carbocycles. The maximum absolute atomic E-state index is 10.1. The van der Waals surface area contributed by atoms with Gasteiger partial charge in [0.05, 0.1) is 6.61 Å². The van der Waals surface area contributed by atoms with Crippen LogP contribution in [0.25, 0.3) is 0 Å². The summed E-state index contributed by atoms with van der Waals surface area (Å²) in [4.78, 5) is 2.45. The maximum Gasteiger partial charge on any atom is 0.0822 e. The van der Waals surface area contributed by atoms with E-state index in [4.69, 9.17) is 0 Å². The average Bonchev–Trinajstić information content (AvgIpc) is 2.41. The monoisotopic (exact) mass is 142 g/mol. The van der Waals surface area contributed by atoms with Gasteiger partial charge in [-0.2, -0.15) is 0 Å². The van der Waals surface area contributed by atoms with Crippen LogP contribution in [0.15, 0.2) is 0 Å². The van der Waals surface area contributed by atoms with Crippen molar-refractivity contribution in [3.05, 3.63) is 0 Å². The average molecular weight is 142 g/mol. The summed E-state index contributed by atoms with van der Waals surface area (Å²) < 4.78 is 0. The van der Waals surface area contributed by atoms with Crippen LogP contribution >= 0.6 is 0 Å². The third-order valence-electron chi connectivity index (χ3n) is 2.07. The van der Waals surface area contributed by atoms with Crippen LogP contribution in [0.3, 0.4) is 0 Å². The van der Waals surface area contributed by atoms with Gasteiger partial charge in [0.15, 0.2) is 0 Å². The largest absolute Gasteiger partial charge is 0.303 e. The summed E-state index contributed by atoms with van der Waals surface area (Å²) in [6.07, 6.45) is 4.68. The lowest BCUT2D eigenvalue weighted by atomic mass is 10.3. The molecule has 0 spiro atoms. The first kappa shape index (κ1) is 8.02. The Morgan fingerprint density at radius 2 is 1.80 bits per heavy atom. The fourth-order valence-electron chi connectivity index (χ4n) is 1.44. The van der Waals surface area contributed by atoms with Gasteiger partial charge in [-0.05, 0) is 45.3 Å². The number of unbranched alkanes of at least 4 members (excludes halogenated alkanes) is 1. The molecule has 0 bridgehead atoms. The van der Waals surface area contributed by atoms with Crippen molar-refractivity contribution in [3.63, 3.8) is 0 Å². The number of rotatable bonds is 4. The van der Waals surface area contributed by atoms with E-state index in [1.54, 1.807) is 0 Å². The fraction of sp³-hybridized carbons (Fsp3) is 1.00. The second-order valence-electron chi connectivity index (χ2n) is 2.96. The molecule has 1 fully saturated rings. The highest BCUT2D eigenvalue weighted by molar-refractivity contribution is 4.65. The second kappa shape index (κ2) is 4.69. The molecule has 59 valence electrons. The van der Waals surface area contributed by atoms with Gasteiger partial charge in [0.25, 0.3) is 0 Å². The molecule has 0 N–H and O–H groups in total. The van der Waals surface area contributed by atoms with Gasteiger partial charge in [-0.1, -0.05) is 0 Å². The highest BCUT2D eigenvalue weighted by Gasteiger charge is 2.09. The van der Waals surface area contributed by atoms with Crippen LogP contribution in [-0.4, -0.2) is 31.1 Å². The van der Waals surface area contributed by atoms with Crippen LogP contribution < -0.4 is 0 Å². The lowest BCUT2D eigenvalue weighted by molar-refractivity contribution is 0.181. The molecule has 0 amide bonds. The molecule has 1 heterocycles. The predicted octanol–water partition coefficient (Wildman–Crippen LogP) is 1.29. The fourth-order valence-corrected chi connectivity index (χ4v) is 1.44. The number of hydrogen-bond donors (Lipinski definition) is 0. The molecule has 1 saturated heterocycles. The highest BCUT2D eigenvalue weighted by atomic mass is 16.2. The van der Waals surface area contributed by atoms with Gasteiger partial charge in [-0.3, -0.25) is 0 Å². The third-order valence-corrected chi connectivity index (χ3v) is 2.07. The molecule has 1 radical (unpaired) electrons. The smallest absolute Gasteiger partial charge is 0.0822 e. The first-order valence-corrected chi connectivity index (χ1v) is 4.24. The van der Waals surface area contributed by atoms with E-state index in [1.165, 1.54) is 25.9 Å². The summed E-state index contributed by atoms with van der Waals surface area (Å²) in [5.74, 6) is 0. The second-order valence-corrected chi connectivity index (χ2v) is 2.96. The van der Waals surface area contributed by atoms with Crippen molar-refractivity contribution in [2.45, 2.75) is 25.7 Å². The van der Waals surface area contributed by atoms with Crippen molar-refractivity contribution in [1.82, 2.24) is 4.90 Å². The zero-order valence-corrected chi connectivity index (χ0v) is 6.51. The molecule has 0 aromatic heterocycles. The zero-order valence-electron chi connectivity index (χ0n) is 6.51. The first-order valence-electron chi connectivity index (χ1n) is 4.24. The Bertz CT molecular complexity index is 79.3. The minimum atomic E-state index is 0.105. The molecular weight excluding hydrogens is 126 g/mol. The Hall–Kier alpha value is -0.0800. The minimum Gasteiger partial charge on any atom is -0.303 e. The van der Waals surface area contributed by atoms with E-state index in [2.05, 4.69) is 4.90 Å². The van der Waals surface area contributed by atoms with Crippen molar-refractivity contribution in [3.8, 4) is 0 Å². The van der Waals surface area contributed by atoms with E-state index in [9.17, 15) is 5.11 Å². The molecule has 1 aliphatic rings. The molecule has 1 aliphatic heterocycles. The summed E-state index contributed by atoms with van der Waals surface area (Å²) in [6.45, 7) is 3.79. The Labute approximate surface area is 62.8 Å². The van der Waals surface area contributed by atoms with Gasteiger partial charge < -0.3 is 4.90 Å². The Morgan fingerprint density at radius 3 is 2.40 bits per heavy atom. The van der Waals surface area contributed by atoms with Crippen LogP contribution in [0.4, 0.5) is 0 Å². The molecule has 0 aliphatic carbocycles. The van der Waals surface area contributed by atoms with Crippen LogP contribution in [0.5, 0.6) is 0 Å². The lowest BCUT2D eigenvalue weighted by Crippen LogP contribution is -2.20. The molecule has 1 rings (SSSR count).